The van der Waals surface area contributed by atoms with Crippen LogP contribution in [0.15, 0.2) is 30.3 Å². The van der Waals surface area contributed by atoms with Crippen molar-refractivity contribution in [2.75, 3.05) is 0 Å². The first-order chi connectivity index (χ1) is 8.58. The van der Waals surface area contributed by atoms with Crippen LogP contribution in [0.3, 0.4) is 0 Å². The SMILES string of the molecule is Cc1cccc(C(=O)NCc2ccc(Cl)s2)c1I. The average molecular weight is 392 g/mol. The zero-order valence-electron chi connectivity index (χ0n) is 9.67. The third kappa shape index (κ3) is 3.24. The molecule has 2 aromatic rings. The molecule has 94 valence electrons. The first-order valence-electron chi connectivity index (χ1n) is 5.35. The Kier molecular flexibility index (Phi) is 4.64. The van der Waals surface area contributed by atoms with Crippen LogP contribution in [0.25, 0.3) is 0 Å². The first kappa shape index (κ1) is 13.8. The normalized spacial score (nSPS) is 10.4. The molecule has 0 saturated heterocycles. The minimum Gasteiger partial charge on any atom is -0.347 e. The molecule has 0 aliphatic heterocycles. The van der Waals surface area contributed by atoms with Gasteiger partial charge in [0.1, 0.15) is 0 Å². The Morgan fingerprint density at radius 3 is 2.83 bits per heavy atom. The molecule has 0 aliphatic carbocycles. The molecule has 2 nitrogen and oxygen atoms in total. The van der Waals surface area contributed by atoms with Crippen LogP contribution in [0.2, 0.25) is 4.34 Å². The molecule has 1 aromatic heterocycles. The molecule has 2 rings (SSSR count). The van der Waals surface area contributed by atoms with Gasteiger partial charge in [-0.25, -0.2) is 0 Å². The molecular formula is C13H11ClINOS. The van der Waals surface area contributed by atoms with E-state index in [-0.39, 0.29) is 5.91 Å². The minimum atomic E-state index is -0.0485. The Bertz CT molecular complexity index is 582. The summed E-state index contributed by atoms with van der Waals surface area (Å²) in [5.41, 5.74) is 1.83. The zero-order valence-corrected chi connectivity index (χ0v) is 13.4. The van der Waals surface area contributed by atoms with Crippen LogP contribution in [-0.2, 0) is 6.54 Å². The highest BCUT2D eigenvalue weighted by Crippen LogP contribution is 2.21. The number of benzene rings is 1. The molecular weight excluding hydrogens is 381 g/mol. The average Bonchev–Trinajstić information content (AvgIpc) is 2.76. The van der Waals surface area contributed by atoms with Crippen LogP contribution in [0.1, 0.15) is 20.8 Å². The maximum atomic E-state index is 12.1. The monoisotopic (exact) mass is 391 g/mol. The highest BCUT2D eigenvalue weighted by atomic mass is 127. The van der Waals surface area contributed by atoms with Gasteiger partial charge in [0, 0.05) is 8.45 Å². The fourth-order valence-corrected chi connectivity index (χ4v) is 3.16. The van der Waals surface area contributed by atoms with E-state index in [0.717, 1.165) is 23.9 Å². The van der Waals surface area contributed by atoms with Gasteiger partial charge in [-0.05, 0) is 53.3 Å². The number of aryl methyl sites for hydroxylation is 1. The molecule has 0 radical (unpaired) electrons. The van der Waals surface area contributed by atoms with Gasteiger partial charge in [0.2, 0.25) is 0 Å². The molecule has 0 spiro atoms. The highest BCUT2D eigenvalue weighted by molar-refractivity contribution is 14.1. The van der Waals surface area contributed by atoms with E-state index in [2.05, 4.69) is 27.9 Å². The second-order valence-electron chi connectivity index (χ2n) is 3.82. The second-order valence-corrected chi connectivity index (χ2v) is 6.70. The van der Waals surface area contributed by atoms with Crippen LogP contribution >= 0.6 is 45.5 Å². The molecule has 1 N–H and O–H groups in total. The molecule has 1 aromatic carbocycles. The molecule has 0 aliphatic rings. The van der Waals surface area contributed by atoms with Gasteiger partial charge in [0.25, 0.3) is 5.91 Å². The Morgan fingerprint density at radius 2 is 2.17 bits per heavy atom. The lowest BCUT2D eigenvalue weighted by atomic mass is 10.1. The predicted molar refractivity (Wildman–Crippen MR) is 84.4 cm³/mol. The van der Waals surface area contributed by atoms with Crippen molar-refractivity contribution in [2.45, 2.75) is 13.5 Å². The molecule has 1 amide bonds. The highest BCUT2D eigenvalue weighted by Gasteiger charge is 2.11. The lowest BCUT2D eigenvalue weighted by molar-refractivity contribution is 0.0950. The summed E-state index contributed by atoms with van der Waals surface area (Å²) in [6, 6.07) is 9.50. The fraction of sp³-hybridized carbons (Fsp3) is 0.154. The Morgan fingerprint density at radius 1 is 1.39 bits per heavy atom. The summed E-state index contributed by atoms with van der Waals surface area (Å²) in [6.45, 7) is 2.51. The number of amides is 1. The number of halogens is 2. The Balaban J connectivity index is 2.06. The summed E-state index contributed by atoms with van der Waals surface area (Å²) in [4.78, 5) is 13.1. The van der Waals surface area contributed by atoms with E-state index in [0.29, 0.717) is 6.54 Å². The maximum Gasteiger partial charge on any atom is 0.252 e. The van der Waals surface area contributed by atoms with E-state index in [1.807, 2.05) is 37.3 Å². The van der Waals surface area contributed by atoms with Crippen LogP contribution in [0.4, 0.5) is 0 Å². The van der Waals surface area contributed by atoms with Crippen molar-refractivity contribution in [1.82, 2.24) is 5.32 Å². The van der Waals surface area contributed by atoms with Gasteiger partial charge < -0.3 is 5.32 Å². The van der Waals surface area contributed by atoms with Crippen molar-refractivity contribution in [3.63, 3.8) is 0 Å². The van der Waals surface area contributed by atoms with Crippen molar-refractivity contribution >= 4 is 51.4 Å². The molecule has 5 heteroatoms. The first-order valence-corrected chi connectivity index (χ1v) is 7.63. The summed E-state index contributed by atoms with van der Waals surface area (Å²) >= 11 is 9.52. The van der Waals surface area contributed by atoms with Gasteiger partial charge in [-0.2, -0.15) is 0 Å². The van der Waals surface area contributed by atoms with E-state index >= 15 is 0 Å². The number of thiophene rings is 1. The number of hydrogen-bond donors (Lipinski definition) is 1. The Hall–Kier alpha value is -0.590. The summed E-state index contributed by atoms with van der Waals surface area (Å²) in [7, 11) is 0. The van der Waals surface area contributed by atoms with Crippen LogP contribution in [0, 0.1) is 10.5 Å². The molecule has 0 atom stereocenters. The fourth-order valence-electron chi connectivity index (χ4n) is 1.53. The zero-order chi connectivity index (χ0) is 13.1. The van der Waals surface area contributed by atoms with Crippen LogP contribution in [0.5, 0.6) is 0 Å². The van der Waals surface area contributed by atoms with Crippen LogP contribution < -0.4 is 5.32 Å². The molecule has 0 fully saturated rings. The van der Waals surface area contributed by atoms with Gasteiger partial charge in [-0.3, -0.25) is 4.79 Å². The van der Waals surface area contributed by atoms with Crippen molar-refractivity contribution in [3.05, 3.63) is 54.2 Å². The Labute approximate surface area is 129 Å². The van der Waals surface area contributed by atoms with Crippen molar-refractivity contribution in [3.8, 4) is 0 Å². The van der Waals surface area contributed by atoms with Crippen molar-refractivity contribution in [2.24, 2.45) is 0 Å². The molecule has 0 unspecified atom stereocenters. The van der Waals surface area contributed by atoms with Gasteiger partial charge in [-0.1, -0.05) is 23.7 Å². The number of hydrogen-bond acceptors (Lipinski definition) is 2. The quantitative estimate of drug-likeness (QED) is 0.779. The van der Waals surface area contributed by atoms with E-state index in [4.69, 9.17) is 11.6 Å². The number of rotatable bonds is 3. The predicted octanol–water partition coefficient (Wildman–Crippen LogP) is 4.24. The lowest BCUT2D eigenvalue weighted by Gasteiger charge is -2.07. The topological polar surface area (TPSA) is 29.1 Å². The summed E-state index contributed by atoms with van der Waals surface area (Å²) in [6.07, 6.45) is 0. The van der Waals surface area contributed by atoms with Crippen molar-refractivity contribution < 1.29 is 4.79 Å². The lowest BCUT2D eigenvalue weighted by Crippen LogP contribution is -2.23. The number of carbonyl (C=O) groups excluding carboxylic acids is 1. The van der Waals surface area contributed by atoms with Gasteiger partial charge >= 0.3 is 0 Å². The van der Waals surface area contributed by atoms with Crippen molar-refractivity contribution in [1.29, 1.82) is 0 Å². The molecule has 1 heterocycles. The van der Waals surface area contributed by atoms with E-state index < -0.39 is 0 Å². The largest absolute Gasteiger partial charge is 0.347 e. The third-order valence-electron chi connectivity index (χ3n) is 2.49. The van der Waals surface area contributed by atoms with E-state index in [1.54, 1.807) is 0 Å². The smallest absolute Gasteiger partial charge is 0.252 e. The standard InChI is InChI=1S/C13H11ClINOS/c1-8-3-2-4-10(12(8)15)13(17)16-7-9-5-6-11(14)18-9/h2-6H,7H2,1H3,(H,16,17). The summed E-state index contributed by atoms with van der Waals surface area (Å²) in [5.74, 6) is -0.0485. The summed E-state index contributed by atoms with van der Waals surface area (Å²) in [5, 5.41) is 2.90. The van der Waals surface area contributed by atoms with Gasteiger partial charge in [0.05, 0.1) is 16.4 Å². The maximum absolute atomic E-state index is 12.1. The molecule has 18 heavy (non-hydrogen) atoms. The number of carbonyl (C=O) groups is 1. The van der Waals surface area contributed by atoms with Gasteiger partial charge in [0.15, 0.2) is 0 Å². The van der Waals surface area contributed by atoms with E-state index in [1.165, 1.54) is 11.3 Å². The van der Waals surface area contributed by atoms with Gasteiger partial charge in [-0.15, -0.1) is 11.3 Å². The number of nitrogens with one attached hydrogen (secondary N) is 1. The minimum absolute atomic E-state index is 0.0485. The second kappa shape index (κ2) is 6.04. The molecule has 0 bridgehead atoms. The third-order valence-corrected chi connectivity index (χ3v) is 5.15. The van der Waals surface area contributed by atoms with Crippen LogP contribution in [-0.4, -0.2) is 5.91 Å². The van der Waals surface area contributed by atoms with E-state index in [9.17, 15) is 4.79 Å². The summed E-state index contributed by atoms with van der Waals surface area (Å²) < 4.78 is 1.74. The molecule has 0 saturated carbocycles.